The maximum absolute atomic E-state index is 12.5. The summed E-state index contributed by atoms with van der Waals surface area (Å²) in [6, 6.07) is 7.65. The summed E-state index contributed by atoms with van der Waals surface area (Å²) in [7, 11) is 1.65. The van der Waals surface area contributed by atoms with E-state index < -0.39 is 5.60 Å². The van der Waals surface area contributed by atoms with E-state index >= 15 is 0 Å². The molecule has 1 heterocycles. The van der Waals surface area contributed by atoms with Gasteiger partial charge in [-0.15, -0.1) is 0 Å². The number of hydrogen-bond donors (Lipinski definition) is 3. The van der Waals surface area contributed by atoms with E-state index in [2.05, 4.69) is 15.5 Å². The molecule has 3 rings (SSSR count). The summed E-state index contributed by atoms with van der Waals surface area (Å²) in [4.78, 5) is 14.7. The Morgan fingerprint density at radius 2 is 2.04 bits per heavy atom. The van der Waals surface area contributed by atoms with E-state index in [-0.39, 0.29) is 11.9 Å². The number of benzene rings is 1. The molecule has 2 fully saturated rings. The maximum Gasteiger partial charge on any atom is 0.239 e. The van der Waals surface area contributed by atoms with Gasteiger partial charge in [-0.2, -0.15) is 0 Å². The van der Waals surface area contributed by atoms with Crippen molar-refractivity contribution in [2.24, 2.45) is 0 Å². The van der Waals surface area contributed by atoms with Gasteiger partial charge in [-0.25, -0.2) is 0 Å². The molecule has 1 saturated heterocycles. The fourth-order valence-electron chi connectivity index (χ4n) is 3.71. The van der Waals surface area contributed by atoms with Crippen LogP contribution in [0.4, 0.5) is 5.69 Å². The molecule has 3 N–H and O–H groups in total. The van der Waals surface area contributed by atoms with Gasteiger partial charge in [-0.3, -0.25) is 4.79 Å². The lowest BCUT2D eigenvalue weighted by Crippen LogP contribution is -2.58. The van der Waals surface area contributed by atoms with E-state index in [1.165, 1.54) is 6.42 Å². The number of nitrogens with one attached hydrogen (secondary N) is 2. The van der Waals surface area contributed by atoms with Crippen LogP contribution in [0.25, 0.3) is 0 Å². The van der Waals surface area contributed by atoms with Crippen LogP contribution in [0.15, 0.2) is 24.3 Å². The second kappa shape index (κ2) is 8.06. The minimum Gasteiger partial charge on any atom is -0.497 e. The molecule has 6 nitrogen and oxygen atoms in total. The van der Waals surface area contributed by atoms with Gasteiger partial charge in [0.05, 0.1) is 12.7 Å². The lowest BCUT2D eigenvalue weighted by molar-refractivity contribution is -0.124. The van der Waals surface area contributed by atoms with Gasteiger partial charge in [-0.1, -0.05) is 19.3 Å². The van der Waals surface area contributed by atoms with Crippen molar-refractivity contribution in [1.29, 1.82) is 0 Å². The lowest BCUT2D eigenvalue weighted by atomic mass is 9.85. The van der Waals surface area contributed by atoms with Gasteiger partial charge in [0.2, 0.25) is 5.91 Å². The highest BCUT2D eigenvalue weighted by Crippen LogP contribution is 2.27. The van der Waals surface area contributed by atoms with Crippen LogP contribution in [0.1, 0.15) is 32.1 Å². The average molecular weight is 347 g/mol. The first kappa shape index (κ1) is 18.0. The highest BCUT2D eigenvalue weighted by molar-refractivity contribution is 5.82. The van der Waals surface area contributed by atoms with Crippen molar-refractivity contribution in [2.75, 3.05) is 38.2 Å². The summed E-state index contributed by atoms with van der Waals surface area (Å²) in [5, 5.41) is 16.8. The molecule has 1 atom stereocenters. The number of carbonyl (C=O) groups is 1. The minimum absolute atomic E-state index is 0.0304. The van der Waals surface area contributed by atoms with Gasteiger partial charge in [0, 0.05) is 31.9 Å². The Bertz CT molecular complexity index is 570. The van der Waals surface area contributed by atoms with Gasteiger partial charge in [0.25, 0.3) is 0 Å². The van der Waals surface area contributed by atoms with Gasteiger partial charge >= 0.3 is 0 Å². The second-order valence-corrected chi connectivity index (χ2v) is 7.15. The summed E-state index contributed by atoms with van der Waals surface area (Å²) in [6.07, 6.45) is 4.82. The summed E-state index contributed by atoms with van der Waals surface area (Å²) in [5.74, 6) is 0.797. The maximum atomic E-state index is 12.5. The fourth-order valence-corrected chi connectivity index (χ4v) is 3.71. The first-order valence-corrected chi connectivity index (χ1v) is 9.22. The van der Waals surface area contributed by atoms with Gasteiger partial charge in [0.15, 0.2) is 0 Å². The van der Waals surface area contributed by atoms with Crippen molar-refractivity contribution in [2.45, 2.75) is 43.7 Å². The molecule has 6 heteroatoms. The van der Waals surface area contributed by atoms with Crippen LogP contribution in [0, 0.1) is 0 Å². The fraction of sp³-hybridized carbons (Fsp3) is 0.632. The number of methoxy groups -OCH3 is 1. The quantitative estimate of drug-likeness (QED) is 0.748. The summed E-state index contributed by atoms with van der Waals surface area (Å²) in [6.45, 7) is 2.59. The number of rotatable bonds is 5. The lowest BCUT2D eigenvalue weighted by Gasteiger charge is -2.36. The Kier molecular flexibility index (Phi) is 5.81. The molecule has 0 spiro atoms. The van der Waals surface area contributed by atoms with Crippen LogP contribution in [0.3, 0.4) is 0 Å². The third kappa shape index (κ3) is 4.64. The predicted molar refractivity (Wildman–Crippen MR) is 98.0 cm³/mol. The summed E-state index contributed by atoms with van der Waals surface area (Å²) in [5.41, 5.74) is 0.365. The molecule has 1 aliphatic carbocycles. The van der Waals surface area contributed by atoms with Crippen LogP contribution in [-0.4, -0.2) is 55.9 Å². The van der Waals surface area contributed by atoms with E-state index in [9.17, 15) is 9.90 Å². The number of aliphatic hydroxyl groups is 1. The van der Waals surface area contributed by atoms with Crippen molar-refractivity contribution in [3.8, 4) is 5.75 Å². The molecule has 1 aliphatic heterocycles. The molecule has 0 radical (unpaired) electrons. The Balaban J connectivity index is 1.54. The van der Waals surface area contributed by atoms with Crippen molar-refractivity contribution in [1.82, 2.24) is 10.6 Å². The van der Waals surface area contributed by atoms with Gasteiger partial charge in [-0.05, 0) is 37.1 Å². The van der Waals surface area contributed by atoms with Crippen LogP contribution in [0.5, 0.6) is 5.75 Å². The van der Waals surface area contributed by atoms with Crippen molar-refractivity contribution >= 4 is 11.6 Å². The molecular formula is C19H29N3O3. The molecule has 2 aliphatic rings. The van der Waals surface area contributed by atoms with E-state index in [1.807, 2.05) is 24.3 Å². The minimum atomic E-state index is -0.724. The van der Waals surface area contributed by atoms with Crippen LogP contribution < -0.4 is 20.3 Å². The standard InChI is InChI=1S/C19H29N3O3/c1-25-16-7-5-15(6-8-16)22-12-11-20-17(13-22)18(23)21-14-19(24)9-3-2-4-10-19/h5-8,17,20,24H,2-4,9-14H2,1H3,(H,21,23)/t17-/m1/s1. The number of piperazine rings is 1. The van der Waals surface area contributed by atoms with Gasteiger partial charge in [0.1, 0.15) is 11.8 Å². The van der Waals surface area contributed by atoms with E-state index in [4.69, 9.17) is 4.74 Å². The van der Waals surface area contributed by atoms with Crippen LogP contribution in [0.2, 0.25) is 0 Å². The third-order valence-corrected chi connectivity index (χ3v) is 5.31. The van der Waals surface area contributed by atoms with Gasteiger partial charge < -0.3 is 25.4 Å². The van der Waals surface area contributed by atoms with E-state index in [0.717, 1.165) is 50.2 Å². The Hall–Kier alpha value is -1.79. The number of carbonyl (C=O) groups excluding carboxylic acids is 1. The largest absolute Gasteiger partial charge is 0.497 e. The van der Waals surface area contributed by atoms with Crippen molar-refractivity contribution < 1.29 is 14.6 Å². The molecule has 1 amide bonds. The van der Waals surface area contributed by atoms with E-state index in [1.54, 1.807) is 7.11 Å². The molecule has 0 aromatic heterocycles. The van der Waals surface area contributed by atoms with Crippen molar-refractivity contribution in [3.63, 3.8) is 0 Å². The molecule has 0 unspecified atom stereocenters. The average Bonchev–Trinajstić information content (AvgIpc) is 2.67. The normalized spacial score (nSPS) is 23.1. The van der Waals surface area contributed by atoms with Crippen molar-refractivity contribution in [3.05, 3.63) is 24.3 Å². The first-order chi connectivity index (χ1) is 12.1. The zero-order chi connectivity index (χ0) is 17.7. The number of anilines is 1. The Morgan fingerprint density at radius 3 is 2.72 bits per heavy atom. The zero-order valence-corrected chi connectivity index (χ0v) is 15.0. The van der Waals surface area contributed by atoms with Crippen LogP contribution in [-0.2, 0) is 4.79 Å². The topological polar surface area (TPSA) is 73.8 Å². The summed E-state index contributed by atoms with van der Waals surface area (Å²) >= 11 is 0. The Morgan fingerprint density at radius 1 is 1.32 bits per heavy atom. The molecule has 1 aromatic carbocycles. The molecular weight excluding hydrogens is 318 g/mol. The number of amides is 1. The second-order valence-electron chi connectivity index (χ2n) is 7.15. The number of nitrogens with zero attached hydrogens (tertiary/aromatic N) is 1. The number of hydrogen-bond acceptors (Lipinski definition) is 5. The molecule has 1 saturated carbocycles. The number of ether oxygens (including phenoxy) is 1. The highest BCUT2D eigenvalue weighted by Gasteiger charge is 2.31. The highest BCUT2D eigenvalue weighted by atomic mass is 16.5. The zero-order valence-electron chi connectivity index (χ0n) is 15.0. The molecule has 25 heavy (non-hydrogen) atoms. The van der Waals surface area contributed by atoms with Crippen LogP contribution >= 0.6 is 0 Å². The Labute approximate surface area is 149 Å². The summed E-state index contributed by atoms with van der Waals surface area (Å²) < 4.78 is 5.20. The smallest absolute Gasteiger partial charge is 0.239 e. The van der Waals surface area contributed by atoms with E-state index in [0.29, 0.717) is 13.1 Å². The molecule has 1 aromatic rings. The third-order valence-electron chi connectivity index (χ3n) is 5.31. The predicted octanol–water partition coefficient (Wildman–Crippen LogP) is 1.28. The molecule has 138 valence electrons. The first-order valence-electron chi connectivity index (χ1n) is 9.22. The SMILES string of the molecule is COc1ccc(N2CCN[C@@H](C(=O)NCC3(O)CCCCC3)C2)cc1. The monoisotopic (exact) mass is 347 g/mol. The molecule has 0 bridgehead atoms.